The van der Waals surface area contributed by atoms with E-state index in [0.29, 0.717) is 5.56 Å². The molecule has 4 amide bonds. The van der Waals surface area contributed by atoms with E-state index in [1.807, 2.05) is 0 Å². The maximum Gasteiger partial charge on any atom is 0.325 e. The first-order valence-corrected chi connectivity index (χ1v) is 10.0. The molecule has 1 aromatic carbocycles. The first-order valence-electron chi connectivity index (χ1n) is 10.0. The molecule has 1 saturated heterocycles. The summed E-state index contributed by atoms with van der Waals surface area (Å²) in [6, 6.07) is 4.14. The summed E-state index contributed by atoms with van der Waals surface area (Å²) in [6.07, 6.45) is 0. The van der Waals surface area contributed by atoms with Gasteiger partial charge in [-0.25, -0.2) is 9.18 Å². The lowest BCUT2D eigenvalue weighted by atomic mass is 9.84. The van der Waals surface area contributed by atoms with E-state index in [-0.39, 0.29) is 30.1 Å². The van der Waals surface area contributed by atoms with Gasteiger partial charge in [0.2, 0.25) is 17.6 Å². The predicted octanol–water partition coefficient (Wildman–Crippen LogP) is 1.41. The smallest absolute Gasteiger partial charge is 0.325 e. The molecule has 1 aliphatic rings. The predicted molar refractivity (Wildman–Crippen MR) is 109 cm³/mol. The zero-order valence-corrected chi connectivity index (χ0v) is 18.1. The van der Waals surface area contributed by atoms with E-state index < -0.39 is 41.6 Å². The quantitative estimate of drug-likeness (QED) is 0.463. The summed E-state index contributed by atoms with van der Waals surface area (Å²) >= 11 is 0. The van der Waals surface area contributed by atoms with E-state index in [4.69, 9.17) is 4.42 Å². The molecule has 1 fully saturated rings. The Morgan fingerprint density at radius 2 is 1.88 bits per heavy atom. The van der Waals surface area contributed by atoms with Crippen molar-refractivity contribution in [2.75, 3.05) is 13.1 Å². The zero-order valence-electron chi connectivity index (χ0n) is 18.1. The van der Waals surface area contributed by atoms with Crippen molar-refractivity contribution in [2.24, 2.45) is 5.92 Å². The highest BCUT2D eigenvalue weighted by Crippen LogP contribution is 2.30. The second-order valence-corrected chi connectivity index (χ2v) is 8.34. The van der Waals surface area contributed by atoms with E-state index in [1.165, 1.54) is 12.1 Å². The Morgan fingerprint density at radius 1 is 1.22 bits per heavy atom. The maximum atomic E-state index is 13.3. The lowest BCUT2D eigenvalue weighted by Gasteiger charge is -2.22. The van der Waals surface area contributed by atoms with Gasteiger partial charge in [0.25, 0.3) is 11.8 Å². The Labute approximate surface area is 183 Å². The minimum Gasteiger partial charge on any atom is -0.417 e. The topological polar surface area (TPSA) is 134 Å². The molecule has 0 saturated carbocycles. The highest BCUT2D eigenvalue weighted by molar-refractivity contribution is 6.05. The van der Waals surface area contributed by atoms with Gasteiger partial charge in [-0.2, -0.15) is 0 Å². The first kappa shape index (κ1) is 23.0. The molecular weight excluding hydrogens is 421 g/mol. The molecule has 2 N–H and O–H groups in total. The molecule has 2 heterocycles. The van der Waals surface area contributed by atoms with Crippen LogP contribution in [0.1, 0.15) is 49.8 Å². The molecule has 1 aromatic heterocycles. The number of aromatic nitrogens is 2. The van der Waals surface area contributed by atoms with Crippen molar-refractivity contribution in [1.82, 2.24) is 25.7 Å². The molecule has 170 valence electrons. The number of carbonyl (C=O) groups excluding carboxylic acids is 4. The third kappa shape index (κ3) is 4.66. The average Bonchev–Trinajstić information content (AvgIpc) is 3.35. The zero-order chi connectivity index (χ0) is 23.6. The number of carbonyl (C=O) groups is 4. The molecule has 0 radical (unpaired) electrons. The van der Waals surface area contributed by atoms with Crippen LogP contribution in [0.3, 0.4) is 0 Å². The van der Waals surface area contributed by atoms with Gasteiger partial charge in [0.05, 0.1) is 18.0 Å². The maximum absolute atomic E-state index is 13.3. The van der Waals surface area contributed by atoms with Gasteiger partial charge in [-0.3, -0.25) is 19.3 Å². The van der Waals surface area contributed by atoms with Crippen LogP contribution >= 0.6 is 0 Å². The summed E-state index contributed by atoms with van der Waals surface area (Å²) in [6.45, 7) is 6.34. The molecule has 1 atom stereocenters. The van der Waals surface area contributed by atoms with Crippen LogP contribution in [-0.2, 0) is 15.0 Å². The molecule has 0 bridgehead atoms. The van der Waals surface area contributed by atoms with Crippen LogP contribution in [-0.4, -0.2) is 57.9 Å². The van der Waals surface area contributed by atoms with Crippen molar-refractivity contribution < 1.29 is 28.0 Å². The lowest BCUT2D eigenvalue weighted by Crippen LogP contribution is -2.49. The number of halogens is 1. The van der Waals surface area contributed by atoms with Crippen molar-refractivity contribution in [3.8, 4) is 0 Å². The van der Waals surface area contributed by atoms with Crippen molar-refractivity contribution in [3.63, 3.8) is 0 Å². The van der Waals surface area contributed by atoms with E-state index >= 15 is 0 Å². The second kappa shape index (κ2) is 8.85. The SMILES string of the molecule is CC(C)C(NC(=O)CN1C(=O)CNC1=O)C(=O)c1nnc(C(C)(C)c2ccc(F)cc2)o1. The summed E-state index contributed by atoms with van der Waals surface area (Å²) in [7, 11) is 0. The van der Waals surface area contributed by atoms with Crippen LogP contribution in [0.4, 0.5) is 9.18 Å². The first-order chi connectivity index (χ1) is 15.0. The lowest BCUT2D eigenvalue weighted by molar-refractivity contribution is -0.130. The van der Waals surface area contributed by atoms with Crippen LogP contribution < -0.4 is 10.6 Å². The summed E-state index contributed by atoms with van der Waals surface area (Å²) in [5, 5.41) is 12.7. The van der Waals surface area contributed by atoms with Crippen LogP contribution in [0.25, 0.3) is 0 Å². The second-order valence-electron chi connectivity index (χ2n) is 8.34. The molecule has 0 aliphatic carbocycles. The van der Waals surface area contributed by atoms with Crippen molar-refractivity contribution >= 4 is 23.6 Å². The number of amides is 4. The van der Waals surface area contributed by atoms with Gasteiger partial charge in [0.15, 0.2) is 0 Å². The van der Waals surface area contributed by atoms with E-state index in [2.05, 4.69) is 20.8 Å². The van der Waals surface area contributed by atoms with Crippen molar-refractivity contribution in [1.29, 1.82) is 0 Å². The van der Waals surface area contributed by atoms with Gasteiger partial charge in [-0.15, -0.1) is 10.2 Å². The molecule has 1 unspecified atom stereocenters. The average molecular weight is 445 g/mol. The van der Waals surface area contributed by atoms with E-state index in [9.17, 15) is 23.6 Å². The Balaban J connectivity index is 1.75. The minimum absolute atomic E-state index is 0.153. The molecule has 10 nitrogen and oxygen atoms in total. The number of imide groups is 1. The highest BCUT2D eigenvalue weighted by atomic mass is 19.1. The van der Waals surface area contributed by atoms with Crippen molar-refractivity contribution in [3.05, 3.63) is 47.4 Å². The van der Waals surface area contributed by atoms with Crippen molar-refractivity contribution in [2.45, 2.75) is 39.2 Å². The third-order valence-electron chi connectivity index (χ3n) is 5.24. The normalized spacial score (nSPS) is 15.1. The highest BCUT2D eigenvalue weighted by Gasteiger charge is 2.35. The number of ketones is 1. The Hall–Kier alpha value is -3.63. The molecule has 0 spiro atoms. The molecule has 32 heavy (non-hydrogen) atoms. The fourth-order valence-electron chi connectivity index (χ4n) is 3.21. The standard InChI is InChI=1S/C21H24FN5O5/c1-11(2)16(24-14(28)10-27-15(29)9-23-20(27)31)17(30)18-25-26-19(32-18)21(3,4)12-5-7-13(22)8-6-12/h5-8,11,16H,9-10H2,1-4H3,(H,23,31)(H,24,28). The van der Waals surface area contributed by atoms with E-state index in [1.54, 1.807) is 39.8 Å². The van der Waals surface area contributed by atoms with Gasteiger partial charge < -0.3 is 15.1 Å². The number of Topliss-reactive ketones (excluding diaryl/α,β-unsaturated/α-hetero) is 1. The summed E-state index contributed by atoms with van der Waals surface area (Å²) in [5.41, 5.74) is -0.0805. The monoisotopic (exact) mass is 445 g/mol. The van der Waals surface area contributed by atoms with Gasteiger partial charge in [0, 0.05) is 0 Å². The molecule has 3 rings (SSSR count). The Bertz CT molecular complexity index is 1030. The van der Waals surface area contributed by atoms with E-state index in [0.717, 1.165) is 4.90 Å². The molecule has 11 heteroatoms. The summed E-state index contributed by atoms with van der Waals surface area (Å²) < 4.78 is 18.9. The Kier molecular flexibility index (Phi) is 6.37. The molecular formula is C21H24FN5O5. The fraction of sp³-hybridized carbons (Fsp3) is 0.429. The largest absolute Gasteiger partial charge is 0.417 e. The number of nitrogens with zero attached hydrogens (tertiary/aromatic N) is 3. The minimum atomic E-state index is -1.01. The summed E-state index contributed by atoms with van der Waals surface area (Å²) in [5.74, 6) is -2.65. The van der Waals surface area contributed by atoms with Crippen LogP contribution in [0, 0.1) is 11.7 Å². The van der Waals surface area contributed by atoms with Crippen LogP contribution in [0.5, 0.6) is 0 Å². The molecule has 1 aliphatic heterocycles. The van der Waals surface area contributed by atoms with Gasteiger partial charge >= 0.3 is 6.03 Å². The number of urea groups is 1. The Morgan fingerprint density at radius 3 is 2.44 bits per heavy atom. The van der Waals surface area contributed by atoms with Gasteiger partial charge in [-0.05, 0) is 37.5 Å². The van der Waals surface area contributed by atoms with Gasteiger partial charge in [0.1, 0.15) is 12.4 Å². The summed E-state index contributed by atoms with van der Waals surface area (Å²) in [4.78, 5) is 49.4. The van der Waals surface area contributed by atoms with Crippen LogP contribution in [0.2, 0.25) is 0 Å². The third-order valence-corrected chi connectivity index (χ3v) is 5.24. The number of hydrogen-bond acceptors (Lipinski definition) is 7. The van der Waals surface area contributed by atoms with Gasteiger partial charge in [-0.1, -0.05) is 26.0 Å². The number of hydrogen-bond donors (Lipinski definition) is 2. The van der Waals surface area contributed by atoms with Crippen LogP contribution in [0.15, 0.2) is 28.7 Å². The molecule has 2 aromatic rings. The number of rotatable bonds is 8. The fourth-order valence-corrected chi connectivity index (χ4v) is 3.21. The number of benzene rings is 1. The number of nitrogens with one attached hydrogen (secondary N) is 2.